The van der Waals surface area contributed by atoms with Crippen LogP contribution in [-0.2, 0) is 9.59 Å². The molecule has 2 saturated carbocycles. The minimum atomic E-state index is -0.347. The van der Waals surface area contributed by atoms with Crippen molar-refractivity contribution in [2.45, 2.75) is 89.3 Å². The van der Waals surface area contributed by atoms with Gasteiger partial charge in [-0.05, 0) is 101 Å². The van der Waals surface area contributed by atoms with E-state index in [1.54, 1.807) is 32.5 Å². The van der Waals surface area contributed by atoms with E-state index in [0.29, 0.717) is 31.5 Å². The Labute approximate surface area is 343 Å². The fourth-order valence-corrected chi connectivity index (χ4v) is 14.7. The summed E-state index contributed by atoms with van der Waals surface area (Å²) in [5, 5.41) is 0. The van der Waals surface area contributed by atoms with E-state index in [0.717, 1.165) is 82.4 Å². The number of thioether (sulfide) groups is 2. The molecule has 2 amide bonds. The topological polar surface area (TPSA) is 59.1 Å². The van der Waals surface area contributed by atoms with Crippen LogP contribution in [0, 0.1) is 11.8 Å². The van der Waals surface area contributed by atoms with E-state index >= 15 is 0 Å². The average molecular weight is 829 g/mol. The average Bonchev–Trinajstić information content (AvgIpc) is 3.90. The Morgan fingerprint density at radius 1 is 0.667 bits per heavy atom. The van der Waals surface area contributed by atoms with Crippen molar-refractivity contribution in [3.63, 3.8) is 0 Å². The van der Waals surface area contributed by atoms with E-state index < -0.39 is 0 Å². The van der Waals surface area contributed by atoms with Crippen LogP contribution in [0.3, 0.4) is 0 Å². The Morgan fingerprint density at radius 2 is 1.07 bits per heavy atom. The van der Waals surface area contributed by atoms with Gasteiger partial charge in [-0.3, -0.25) is 19.4 Å². The zero-order chi connectivity index (χ0) is 36.9. The second-order valence-corrected chi connectivity index (χ2v) is 20.8. The fourth-order valence-electron chi connectivity index (χ4n) is 9.64. The maximum Gasteiger partial charge on any atom is 0.266 e. The number of thiophene rings is 2. The molecule has 0 N–H and O–H groups in total. The van der Waals surface area contributed by atoms with Gasteiger partial charge in [-0.2, -0.15) is 0 Å². The number of hydrogen-bond acceptors (Lipinski definition) is 10. The van der Waals surface area contributed by atoms with Crippen LogP contribution in [0.2, 0.25) is 0 Å². The summed E-state index contributed by atoms with van der Waals surface area (Å²) < 4.78 is 15.5. The van der Waals surface area contributed by atoms with Gasteiger partial charge in [0.1, 0.15) is 31.3 Å². The van der Waals surface area contributed by atoms with Crippen LogP contribution in [-0.4, -0.2) is 54.5 Å². The van der Waals surface area contributed by atoms with Gasteiger partial charge in [0.05, 0.1) is 19.6 Å². The molecule has 4 aliphatic carbocycles. The van der Waals surface area contributed by atoms with E-state index in [9.17, 15) is 9.59 Å². The van der Waals surface area contributed by atoms with Gasteiger partial charge in [-0.25, -0.2) is 0 Å². The molecule has 8 aliphatic rings. The van der Waals surface area contributed by atoms with Gasteiger partial charge in [0.25, 0.3) is 11.8 Å². The zero-order valence-electron chi connectivity index (χ0n) is 30.2. The Kier molecular flexibility index (Phi) is 8.87. The third kappa shape index (κ3) is 5.59. The first-order valence-corrected chi connectivity index (χ1v) is 23.3. The molecule has 4 aliphatic heterocycles. The summed E-state index contributed by atoms with van der Waals surface area (Å²) in [6.45, 7) is 5.08. The van der Waals surface area contributed by atoms with Crippen molar-refractivity contribution < 1.29 is 19.1 Å². The Bertz CT molecular complexity index is 2080. The largest absolute Gasteiger partial charge is 0.481 e. The van der Waals surface area contributed by atoms with Gasteiger partial charge < -0.3 is 9.47 Å². The molecule has 54 heavy (non-hydrogen) atoms. The number of allylic oxidation sites excluding steroid dienone is 4. The summed E-state index contributed by atoms with van der Waals surface area (Å²) in [7, 11) is 0. The number of ether oxygens (including phenoxy) is 2. The third-order valence-electron chi connectivity index (χ3n) is 12.2. The summed E-state index contributed by atoms with van der Waals surface area (Å²) in [6, 6.07) is 4.30. The van der Waals surface area contributed by atoms with E-state index in [4.69, 9.17) is 33.9 Å². The van der Waals surface area contributed by atoms with Crippen LogP contribution in [0.5, 0.6) is 11.5 Å². The molecule has 2 unspecified atom stereocenters. The lowest BCUT2D eigenvalue weighted by molar-refractivity contribution is -0.122. The highest BCUT2D eigenvalue weighted by molar-refractivity contribution is 8.27. The molecule has 6 heterocycles. The standard InChI is InChI=1S/C42H40N2O4S6/c1-3-43-37(45)33(53-39(43)49)21-25-19-31-35(51-25)27-15-23-18-30-28(16-24(23)17-29(27)41(47-31)11-7-5-8-12-41)36-32(48-42(30)13-9-6-10-14-42)20-26(52-36)22-34-38(46)44(4-2)40(50)54-34/h15-24H,3-14H2,1-2H3/b33-21-,34-22-. The van der Waals surface area contributed by atoms with Crippen LogP contribution < -0.4 is 9.47 Å². The molecule has 0 bridgehead atoms. The lowest BCUT2D eigenvalue weighted by Gasteiger charge is -2.48. The number of thiocarbonyl (C=S) groups is 2. The zero-order valence-corrected chi connectivity index (χ0v) is 35.1. The van der Waals surface area contributed by atoms with Crippen molar-refractivity contribution in [3.8, 4) is 11.5 Å². The number of fused-ring (bicyclic) bond motifs is 9. The van der Waals surface area contributed by atoms with Gasteiger partial charge in [-0.1, -0.05) is 85.1 Å². The highest BCUT2D eigenvalue weighted by atomic mass is 32.2. The SMILES string of the molecule is CCN1C(=O)/C(=C/c2cc3c(s2)C2=CC4C=C5C(=CC4C=C2C2(CCCCC2)O3)c2sc(/C=C3\SC(=S)N(CC)C3=O)cc2OC52CCCCC2)SC1=S. The van der Waals surface area contributed by atoms with Gasteiger partial charge in [0, 0.05) is 45.8 Å². The molecule has 2 atom stereocenters. The molecule has 6 nitrogen and oxygen atoms in total. The van der Waals surface area contributed by atoms with Gasteiger partial charge in [0.2, 0.25) is 0 Å². The molecule has 2 aromatic rings. The highest BCUT2D eigenvalue weighted by Crippen LogP contribution is 2.60. The lowest BCUT2D eigenvalue weighted by atomic mass is 9.65. The highest BCUT2D eigenvalue weighted by Gasteiger charge is 2.50. The monoisotopic (exact) mass is 828 g/mol. The molecule has 10 rings (SSSR count). The van der Waals surface area contributed by atoms with Gasteiger partial charge in [-0.15, -0.1) is 22.7 Å². The summed E-state index contributed by atoms with van der Waals surface area (Å²) >= 11 is 17.2. The second-order valence-electron chi connectivity index (χ2n) is 15.3. The lowest BCUT2D eigenvalue weighted by Crippen LogP contribution is -2.45. The molecule has 4 fully saturated rings. The number of carbonyl (C=O) groups excluding carboxylic acids is 2. The molecule has 0 radical (unpaired) electrons. The van der Waals surface area contributed by atoms with E-state index in [-0.39, 0.29) is 34.9 Å². The smallest absolute Gasteiger partial charge is 0.266 e. The number of carbonyl (C=O) groups is 2. The Balaban J connectivity index is 1.06. The molecule has 2 aromatic heterocycles. The number of rotatable bonds is 4. The predicted molar refractivity (Wildman–Crippen MR) is 232 cm³/mol. The first-order valence-electron chi connectivity index (χ1n) is 19.3. The first-order chi connectivity index (χ1) is 26.2. The van der Waals surface area contributed by atoms with Crippen molar-refractivity contribution in [2.75, 3.05) is 13.1 Å². The molecule has 0 aromatic carbocycles. The van der Waals surface area contributed by atoms with Crippen molar-refractivity contribution in [1.29, 1.82) is 0 Å². The quantitative estimate of drug-likeness (QED) is 0.223. The van der Waals surface area contributed by atoms with E-state index in [1.165, 1.54) is 58.7 Å². The minimum Gasteiger partial charge on any atom is -0.481 e. The summed E-state index contributed by atoms with van der Waals surface area (Å²) in [5.41, 5.74) is 4.58. The van der Waals surface area contributed by atoms with Crippen molar-refractivity contribution >= 4 is 114 Å². The van der Waals surface area contributed by atoms with Crippen LogP contribution in [0.15, 0.2) is 57.4 Å². The predicted octanol–water partition coefficient (Wildman–Crippen LogP) is 11.0. The van der Waals surface area contributed by atoms with Gasteiger partial charge in [0.15, 0.2) is 0 Å². The molecule has 2 spiro atoms. The van der Waals surface area contributed by atoms with Crippen LogP contribution in [0.1, 0.15) is 97.6 Å². The van der Waals surface area contributed by atoms with Crippen molar-refractivity contribution in [2.24, 2.45) is 11.8 Å². The summed E-state index contributed by atoms with van der Waals surface area (Å²) in [4.78, 5) is 35.3. The normalized spacial score (nSPS) is 27.9. The van der Waals surface area contributed by atoms with E-state index in [1.807, 2.05) is 26.0 Å². The summed E-state index contributed by atoms with van der Waals surface area (Å²) in [6.07, 6.45) is 25.2. The molecular formula is C42H40N2O4S6. The maximum atomic E-state index is 13.1. The molecule has 278 valence electrons. The van der Waals surface area contributed by atoms with Crippen LogP contribution in [0.25, 0.3) is 23.3 Å². The van der Waals surface area contributed by atoms with E-state index in [2.05, 4.69) is 36.4 Å². The van der Waals surface area contributed by atoms with Crippen LogP contribution in [0.4, 0.5) is 0 Å². The van der Waals surface area contributed by atoms with Crippen LogP contribution >= 0.6 is 70.6 Å². The van der Waals surface area contributed by atoms with Gasteiger partial charge >= 0.3 is 0 Å². The number of hydrogen-bond donors (Lipinski definition) is 0. The third-order valence-corrected chi connectivity index (χ3v) is 17.2. The minimum absolute atomic E-state index is 0.0116. The first kappa shape index (κ1) is 35.7. The Morgan fingerprint density at radius 3 is 1.44 bits per heavy atom. The molecule has 2 saturated heterocycles. The number of likely N-dealkylation sites (N-methyl/N-ethyl adjacent to an activating group) is 2. The molecular weight excluding hydrogens is 789 g/mol. The second kappa shape index (κ2) is 13.4. The number of amides is 2. The van der Waals surface area contributed by atoms with Crippen molar-refractivity contribution in [3.05, 3.63) is 76.9 Å². The molecule has 12 heteroatoms. The fraction of sp³-hybridized carbons (Fsp3) is 0.429. The maximum absolute atomic E-state index is 13.1. The summed E-state index contributed by atoms with van der Waals surface area (Å²) in [5.74, 6) is 2.25. The Hall–Kier alpha value is -2.74. The number of nitrogens with zero attached hydrogens (tertiary/aromatic N) is 2. The van der Waals surface area contributed by atoms with Crippen molar-refractivity contribution in [1.82, 2.24) is 9.80 Å².